The van der Waals surface area contributed by atoms with Crippen molar-refractivity contribution in [3.8, 4) is 0 Å². The predicted octanol–water partition coefficient (Wildman–Crippen LogP) is 2.00. The van der Waals surface area contributed by atoms with Gasteiger partial charge in [0, 0.05) is 25.2 Å². The zero-order valence-corrected chi connectivity index (χ0v) is 12.0. The van der Waals surface area contributed by atoms with Crippen molar-refractivity contribution in [3.63, 3.8) is 0 Å². The third kappa shape index (κ3) is 5.41. The summed E-state index contributed by atoms with van der Waals surface area (Å²) in [5.41, 5.74) is 1.04. The summed E-state index contributed by atoms with van der Waals surface area (Å²) < 4.78 is 5.64. The number of hydrogen-bond acceptors (Lipinski definition) is 5. The standard InChI is InChI=1S/C15H22N2O4/c18-14(11-21-15-3-1-2-4-15)10-16-9-12-5-7-13(8-6-12)17(19)20/h5-8,14-16,18H,1-4,9-11H2. The van der Waals surface area contributed by atoms with E-state index in [0.717, 1.165) is 18.4 Å². The molecule has 1 unspecified atom stereocenters. The first-order chi connectivity index (χ1) is 10.1. The van der Waals surface area contributed by atoms with E-state index in [1.807, 2.05) is 0 Å². The van der Waals surface area contributed by atoms with Crippen LogP contribution in [0.25, 0.3) is 0 Å². The molecule has 1 fully saturated rings. The monoisotopic (exact) mass is 294 g/mol. The molecule has 1 atom stereocenters. The van der Waals surface area contributed by atoms with Gasteiger partial charge in [0.25, 0.3) is 5.69 Å². The molecule has 0 saturated heterocycles. The fraction of sp³-hybridized carbons (Fsp3) is 0.600. The lowest BCUT2D eigenvalue weighted by Crippen LogP contribution is -2.31. The van der Waals surface area contributed by atoms with Crippen molar-refractivity contribution < 1.29 is 14.8 Å². The van der Waals surface area contributed by atoms with Crippen LogP contribution in [0.4, 0.5) is 5.69 Å². The Bertz CT molecular complexity index is 443. The number of hydrogen-bond donors (Lipinski definition) is 2. The Labute approximate surface area is 124 Å². The zero-order chi connectivity index (χ0) is 15.1. The summed E-state index contributed by atoms with van der Waals surface area (Å²) in [4.78, 5) is 10.1. The Morgan fingerprint density at radius 2 is 2.00 bits per heavy atom. The lowest BCUT2D eigenvalue weighted by atomic mass is 10.2. The van der Waals surface area contributed by atoms with Gasteiger partial charge in [-0.3, -0.25) is 10.1 Å². The summed E-state index contributed by atoms with van der Waals surface area (Å²) in [6.45, 7) is 1.38. The van der Waals surface area contributed by atoms with Gasteiger partial charge in [0.05, 0.1) is 23.7 Å². The summed E-state index contributed by atoms with van der Waals surface area (Å²) >= 11 is 0. The number of aliphatic hydroxyl groups is 1. The smallest absolute Gasteiger partial charge is 0.269 e. The van der Waals surface area contributed by atoms with E-state index in [-0.39, 0.29) is 5.69 Å². The number of non-ortho nitro benzene ring substituents is 1. The highest BCUT2D eigenvalue weighted by Gasteiger charge is 2.16. The van der Waals surface area contributed by atoms with E-state index in [4.69, 9.17) is 4.74 Å². The molecule has 1 aromatic carbocycles. The van der Waals surface area contributed by atoms with Crippen LogP contribution in [0.3, 0.4) is 0 Å². The first kappa shape index (κ1) is 15.9. The summed E-state index contributed by atoms with van der Waals surface area (Å²) in [5, 5.41) is 23.5. The Hall–Kier alpha value is -1.50. The third-order valence-corrected chi connectivity index (χ3v) is 3.68. The van der Waals surface area contributed by atoms with Gasteiger partial charge in [0.1, 0.15) is 0 Å². The maximum Gasteiger partial charge on any atom is 0.269 e. The van der Waals surface area contributed by atoms with Gasteiger partial charge >= 0.3 is 0 Å². The quantitative estimate of drug-likeness (QED) is 0.566. The molecule has 0 spiro atoms. The number of aliphatic hydroxyl groups excluding tert-OH is 1. The molecule has 116 valence electrons. The number of nitrogens with one attached hydrogen (secondary N) is 1. The van der Waals surface area contributed by atoms with Gasteiger partial charge in [-0.05, 0) is 18.4 Å². The zero-order valence-electron chi connectivity index (χ0n) is 12.0. The van der Waals surface area contributed by atoms with E-state index in [2.05, 4.69) is 5.32 Å². The van der Waals surface area contributed by atoms with Crippen LogP contribution in [0.2, 0.25) is 0 Å². The van der Waals surface area contributed by atoms with E-state index in [1.165, 1.54) is 25.0 Å². The third-order valence-electron chi connectivity index (χ3n) is 3.68. The minimum absolute atomic E-state index is 0.0868. The molecule has 1 aliphatic carbocycles. The van der Waals surface area contributed by atoms with Gasteiger partial charge in [-0.2, -0.15) is 0 Å². The molecular formula is C15H22N2O4. The molecule has 2 rings (SSSR count). The molecule has 1 aliphatic rings. The maximum absolute atomic E-state index is 10.5. The number of rotatable bonds is 8. The SMILES string of the molecule is O=[N+]([O-])c1ccc(CNCC(O)COC2CCCC2)cc1. The van der Waals surface area contributed by atoms with Crippen molar-refractivity contribution in [3.05, 3.63) is 39.9 Å². The number of benzene rings is 1. The summed E-state index contributed by atoms with van der Waals surface area (Å²) in [6.07, 6.45) is 4.43. The molecule has 21 heavy (non-hydrogen) atoms. The molecule has 1 aromatic rings. The maximum atomic E-state index is 10.5. The molecular weight excluding hydrogens is 272 g/mol. The van der Waals surface area contributed by atoms with Crippen LogP contribution in [-0.4, -0.2) is 35.4 Å². The van der Waals surface area contributed by atoms with E-state index < -0.39 is 11.0 Å². The predicted molar refractivity (Wildman–Crippen MR) is 79.0 cm³/mol. The van der Waals surface area contributed by atoms with Crippen molar-refractivity contribution in [1.82, 2.24) is 5.32 Å². The molecule has 0 bridgehead atoms. The van der Waals surface area contributed by atoms with Crippen LogP contribution in [-0.2, 0) is 11.3 Å². The normalized spacial score (nSPS) is 17.0. The lowest BCUT2D eigenvalue weighted by molar-refractivity contribution is -0.384. The van der Waals surface area contributed by atoms with E-state index in [9.17, 15) is 15.2 Å². The van der Waals surface area contributed by atoms with Crippen LogP contribution >= 0.6 is 0 Å². The Morgan fingerprint density at radius 3 is 2.62 bits per heavy atom. The number of nitro groups is 1. The molecule has 1 saturated carbocycles. The van der Waals surface area contributed by atoms with Gasteiger partial charge < -0.3 is 15.2 Å². The van der Waals surface area contributed by atoms with Crippen molar-refractivity contribution in [2.24, 2.45) is 0 Å². The van der Waals surface area contributed by atoms with Crippen LogP contribution in [0.5, 0.6) is 0 Å². The molecule has 6 heteroatoms. The first-order valence-electron chi connectivity index (χ1n) is 7.39. The van der Waals surface area contributed by atoms with Gasteiger partial charge in [-0.15, -0.1) is 0 Å². The van der Waals surface area contributed by atoms with Crippen LogP contribution in [0.1, 0.15) is 31.2 Å². The minimum Gasteiger partial charge on any atom is -0.389 e. The number of nitro benzene ring substituents is 1. The van der Waals surface area contributed by atoms with Crippen LogP contribution in [0.15, 0.2) is 24.3 Å². The van der Waals surface area contributed by atoms with Crippen molar-refractivity contribution in [1.29, 1.82) is 0 Å². The van der Waals surface area contributed by atoms with Crippen molar-refractivity contribution in [2.75, 3.05) is 13.2 Å². The second-order valence-corrected chi connectivity index (χ2v) is 5.45. The molecule has 6 nitrogen and oxygen atoms in total. The van der Waals surface area contributed by atoms with E-state index in [0.29, 0.717) is 25.8 Å². The highest BCUT2D eigenvalue weighted by molar-refractivity contribution is 5.32. The second-order valence-electron chi connectivity index (χ2n) is 5.45. The van der Waals surface area contributed by atoms with Gasteiger partial charge in [0.2, 0.25) is 0 Å². The Morgan fingerprint density at radius 1 is 1.33 bits per heavy atom. The summed E-state index contributed by atoms with van der Waals surface area (Å²) in [5.74, 6) is 0. The number of ether oxygens (including phenoxy) is 1. The highest BCUT2D eigenvalue weighted by Crippen LogP contribution is 2.20. The molecule has 0 amide bonds. The van der Waals surface area contributed by atoms with E-state index in [1.54, 1.807) is 12.1 Å². The van der Waals surface area contributed by atoms with Gasteiger partial charge in [-0.1, -0.05) is 25.0 Å². The van der Waals surface area contributed by atoms with Crippen molar-refractivity contribution in [2.45, 2.75) is 44.4 Å². The molecule has 2 N–H and O–H groups in total. The van der Waals surface area contributed by atoms with Gasteiger partial charge in [0.15, 0.2) is 0 Å². The molecule has 0 aliphatic heterocycles. The van der Waals surface area contributed by atoms with Gasteiger partial charge in [-0.25, -0.2) is 0 Å². The fourth-order valence-electron chi connectivity index (χ4n) is 2.48. The second kappa shape index (κ2) is 8.07. The molecule has 0 aromatic heterocycles. The fourth-order valence-corrected chi connectivity index (χ4v) is 2.48. The Balaban J connectivity index is 1.62. The summed E-state index contributed by atoms with van der Waals surface area (Å²) in [7, 11) is 0. The average Bonchev–Trinajstić information content (AvgIpc) is 2.99. The molecule has 0 heterocycles. The number of nitrogens with zero attached hydrogens (tertiary/aromatic N) is 1. The van der Waals surface area contributed by atoms with E-state index >= 15 is 0 Å². The highest BCUT2D eigenvalue weighted by atomic mass is 16.6. The minimum atomic E-state index is -0.524. The van der Waals surface area contributed by atoms with Crippen LogP contribution < -0.4 is 5.32 Å². The summed E-state index contributed by atoms with van der Waals surface area (Å²) in [6, 6.07) is 6.40. The topological polar surface area (TPSA) is 84.6 Å². The Kier molecular flexibility index (Phi) is 6.10. The lowest BCUT2D eigenvalue weighted by Gasteiger charge is -2.16. The molecule has 0 radical (unpaired) electrons. The average molecular weight is 294 g/mol. The van der Waals surface area contributed by atoms with Crippen LogP contribution in [0, 0.1) is 10.1 Å². The first-order valence-corrected chi connectivity index (χ1v) is 7.39. The van der Waals surface area contributed by atoms with Crippen molar-refractivity contribution >= 4 is 5.69 Å². The largest absolute Gasteiger partial charge is 0.389 e.